The lowest BCUT2D eigenvalue weighted by molar-refractivity contribution is -0.137. The summed E-state index contributed by atoms with van der Waals surface area (Å²) in [7, 11) is 2.15. The van der Waals surface area contributed by atoms with E-state index in [9.17, 15) is 4.79 Å². The Kier molecular flexibility index (Phi) is 3.46. The van der Waals surface area contributed by atoms with Gasteiger partial charge >= 0.3 is 5.97 Å². The van der Waals surface area contributed by atoms with Crippen LogP contribution in [0.4, 0.5) is 0 Å². The molecule has 4 heteroatoms. The Bertz CT molecular complexity index is 300. The minimum absolute atomic E-state index is 0.211. The van der Waals surface area contributed by atoms with Crippen LogP contribution < -0.4 is 0 Å². The molecule has 2 rings (SSSR count). The summed E-state index contributed by atoms with van der Waals surface area (Å²) in [6.45, 7) is 6.61. The second-order valence-electron chi connectivity index (χ2n) is 6.18. The summed E-state index contributed by atoms with van der Waals surface area (Å²) >= 11 is 0. The number of nitrogens with zero attached hydrogens (tertiary/aromatic N) is 2. The molecule has 2 fully saturated rings. The molecule has 1 aliphatic heterocycles. The van der Waals surface area contributed by atoms with Gasteiger partial charge in [-0.2, -0.15) is 0 Å². The van der Waals surface area contributed by atoms with E-state index < -0.39 is 5.97 Å². The fourth-order valence-corrected chi connectivity index (χ4v) is 2.75. The molecule has 98 valence electrons. The zero-order valence-corrected chi connectivity index (χ0v) is 11.1. The van der Waals surface area contributed by atoms with Crippen molar-refractivity contribution in [2.75, 3.05) is 20.1 Å². The maximum Gasteiger partial charge on any atom is 0.303 e. The quantitative estimate of drug-likeness (QED) is 0.807. The second-order valence-corrected chi connectivity index (χ2v) is 6.18. The van der Waals surface area contributed by atoms with Gasteiger partial charge in [-0.3, -0.25) is 14.6 Å². The standard InChI is InChI=1S/C13H24N2O2/c1-13(2)9-15(10-4-5-10)11(8-14(13)3)6-7-12(16)17/h10-11H,4-9H2,1-3H3,(H,16,17). The molecule has 1 atom stereocenters. The fourth-order valence-electron chi connectivity index (χ4n) is 2.75. The van der Waals surface area contributed by atoms with Crippen LogP contribution in [0.5, 0.6) is 0 Å². The average Bonchev–Trinajstić information content (AvgIpc) is 3.02. The molecule has 0 spiro atoms. The highest BCUT2D eigenvalue weighted by Crippen LogP contribution is 2.35. The number of hydrogen-bond acceptors (Lipinski definition) is 3. The van der Waals surface area contributed by atoms with Crippen LogP contribution in [0.2, 0.25) is 0 Å². The van der Waals surface area contributed by atoms with Crippen LogP contribution in [0.25, 0.3) is 0 Å². The predicted molar refractivity (Wildman–Crippen MR) is 67.1 cm³/mol. The molecule has 1 saturated carbocycles. The summed E-state index contributed by atoms with van der Waals surface area (Å²) in [4.78, 5) is 15.6. The molecule has 1 heterocycles. The zero-order chi connectivity index (χ0) is 12.6. The van der Waals surface area contributed by atoms with Gasteiger partial charge in [0.15, 0.2) is 0 Å². The van der Waals surface area contributed by atoms with Crippen LogP contribution in [0, 0.1) is 0 Å². The van der Waals surface area contributed by atoms with Gasteiger partial charge in [-0.15, -0.1) is 0 Å². The summed E-state index contributed by atoms with van der Waals surface area (Å²) < 4.78 is 0. The van der Waals surface area contributed by atoms with E-state index in [1.54, 1.807) is 0 Å². The lowest BCUT2D eigenvalue weighted by Gasteiger charge is -2.50. The van der Waals surface area contributed by atoms with E-state index in [1.165, 1.54) is 12.8 Å². The minimum atomic E-state index is -0.673. The maximum atomic E-state index is 10.7. The third kappa shape index (κ3) is 2.99. The smallest absolute Gasteiger partial charge is 0.303 e. The number of carboxylic acid groups (broad SMARTS) is 1. The van der Waals surface area contributed by atoms with Gasteiger partial charge in [0.05, 0.1) is 0 Å². The molecule has 0 aromatic carbocycles. The fraction of sp³-hybridized carbons (Fsp3) is 0.923. The number of aliphatic carboxylic acids is 1. The van der Waals surface area contributed by atoms with Crippen molar-refractivity contribution in [3.05, 3.63) is 0 Å². The summed E-state index contributed by atoms with van der Waals surface area (Å²) in [5, 5.41) is 8.82. The highest BCUT2D eigenvalue weighted by atomic mass is 16.4. The first-order valence-electron chi connectivity index (χ1n) is 6.59. The van der Waals surface area contributed by atoms with E-state index >= 15 is 0 Å². The summed E-state index contributed by atoms with van der Waals surface area (Å²) in [5.41, 5.74) is 0.211. The number of rotatable bonds is 4. The lowest BCUT2D eigenvalue weighted by atomic mass is 9.94. The molecule has 0 bridgehead atoms. The third-order valence-electron chi connectivity index (χ3n) is 4.26. The summed E-state index contributed by atoms with van der Waals surface area (Å²) in [5.74, 6) is -0.673. The van der Waals surface area contributed by atoms with Crippen molar-refractivity contribution in [2.45, 2.75) is 57.2 Å². The second kappa shape index (κ2) is 4.58. The summed E-state index contributed by atoms with van der Waals surface area (Å²) in [6, 6.07) is 1.15. The molecule has 1 aliphatic carbocycles. The van der Waals surface area contributed by atoms with E-state index in [0.717, 1.165) is 25.6 Å². The largest absolute Gasteiger partial charge is 0.481 e. The average molecular weight is 240 g/mol. The van der Waals surface area contributed by atoms with Crippen molar-refractivity contribution in [3.63, 3.8) is 0 Å². The molecular formula is C13H24N2O2. The van der Waals surface area contributed by atoms with E-state index in [-0.39, 0.29) is 5.54 Å². The Morgan fingerprint density at radius 1 is 1.41 bits per heavy atom. The number of piperazine rings is 1. The molecule has 4 nitrogen and oxygen atoms in total. The van der Waals surface area contributed by atoms with Gasteiger partial charge in [0, 0.05) is 37.1 Å². The first-order valence-corrected chi connectivity index (χ1v) is 6.59. The van der Waals surface area contributed by atoms with Crippen molar-refractivity contribution in [1.82, 2.24) is 9.80 Å². The van der Waals surface area contributed by atoms with E-state index in [2.05, 4.69) is 30.7 Å². The monoisotopic (exact) mass is 240 g/mol. The molecular weight excluding hydrogens is 216 g/mol. The molecule has 1 saturated heterocycles. The van der Waals surface area contributed by atoms with Crippen molar-refractivity contribution < 1.29 is 9.90 Å². The topological polar surface area (TPSA) is 43.8 Å². The van der Waals surface area contributed by atoms with Gasteiger partial charge < -0.3 is 5.11 Å². The maximum absolute atomic E-state index is 10.7. The van der Waals surface area contributed by atoms with Gasteiger partial charge in [-0.05, 0) is 40.2 Å². The predicted octanol–water partition coefficient (Wildman–Crippen LogP) is 1.41. The Morgan fingerprint density at radius 3 is 2.59 bits per heavy atom. The molecule has 0 radical (unpaired) electrons. The van der Waals surface area contributed by atoms with Gasteiger partial charge in [-0.25, -0.2) is 0 Å². The third-order valence-corrected chi connectivity index (χ3v) is 4.26. The van der Waals surface area contributed by atoms with Gasteiger partial charge in [0.25, 0.3) is 0 Å². The highest BCUT2D eigenvalue weighted by Gasteiger charge is 2.42. The minimum Gasteiger partial charge on any atom is -0.481 e. The Balaban J connectivity index is 2.00. The van der Waals surface area contributed by atoms with Gasteiger partial charge in [-0.1, -0.05) is 0 Å². The Labute approximate surface area is 104 Å². The van der Waals surface area contributed by atoms with Crippen LogP contribution in [-0.2, 0) is 4.79 Å². The molecule has 1 N–H and O–H groups in total. The highest BCUT2D eigenvalue weighted by molar-refractivity contribution is 5.66. The van der Waals surface area contributed by atoms with Crippen molar-refractivity contribution in [1.29, 1.82) is 0 Å². The number of carbonyl (C=O) groups is 1. The molecule has 1 unspecified atom stereocenters. The van der Waals surface area contributed by atoms with Gasteiger partial charge in [0.1, 0.15) is 0 Å². The molecule has 17 heavy (non-hydrogen) atoms. The zero-order valence-electron chi connectivity index (χ0n) is 11.1. The van der Waals surface area contributed by atoms with E-state index in [0.29, 0.717) is 12.5 Å². The Hall–Kier alpha value is -0.610. The van der Waals surface area contributed by atoms with E-state index in [1.807, 2.05) is 0 Å². The van der Waals surface area contributed by atoms with Crippen LogP contribution in [0.1, 0.15) is 39.5 Å². The van der Waals surface area contributed by atoms with Crippen molar-refractivity contribution in [2.24, 2.45) is 0 Å². The molecule has 2 aliphatic rings. The molecule has 0 amide bonds. The van der Waals surface area contributed by atoms with Crippen LogP contribution in [0.15, 0.2) is 0 Å². The Morgan fingerprint density at radius 2 is 2.06 bits per heavy atom. The van der Waals surface area contributed by atoms with Crippen LogP contribution in [0.3, 0.4) is 0 Å². The van der Waals surface area contributed by atoms with Crippen molar-refractivity contribution >= 4 is 5.97 Å². The first-order chi connectivity index (χ1) is 7.90. The number of carboxylic acids is 1. The van der Waals surface area contributed by atoms with Crippen LogP contribution >= 0.6 is 0 Å². The van der Waals surface area contributed by atoms with Gasteiger partial charge in [0.2, 0.25) is 0 Å². The molecule has 0 aromatic heterocycles. The summed E-state index contributed by atoms with van der Waals surface area (Å²) in [6.07, 6.45) is 3.67. The number of hydrogen-bond donors (Lipinski definition) is 1. The SMILES string of the molecule is CN1CC(CCC(=O)O)N(C2CC2)CC1(C)C. The lowest BCUT2D eigenvalue weighted by Crippen LogP contribution is -2.62. The normalized spacial score (nSPS) is 30.4. The van der Waals surface area contributed by atoms with E-state index in [4.69, 9.17) is 5.11 Å². The molecule has 0 aromatic rings. The first kappa shape index (κ1) is 12.8. The van der Waals surface area contributed by atoms with Crippen LogP contribution in [-0.4, -0.2) is 58.6 Å². The van der Waals surface area contributed by atoms with Crippen molar-refractivity contribution in [3.8, 4) is 0 Å². The number of likely N-dealkylation sites (N-methyl/N-ethyl adjacent to an activating group) is 1.